The van der Waals surface area contributed by atoms with E-state index in [1.165, 1.54) is 0 Å². The van der Waals surface area contributed by atoms with Crippen LogP contribution in [0.15, 0.2) is 46.8 Å². The SMILES string of the molecule is CCCC(NC(=O)c1nnc(Cc2ccccc2)[nH]1)C(=O)N1CCOC(/C=N\C)=C1C. The number of nitrogens with zero attached hydrogens (tertiary/aromatic N) is 4. The molecule has 1 unspecified atom stereocenters. The van der Waals surface area contributed by atoms with E-state index in [1.54, 1.807) is 18.2 Å². The van der Waals surface area contributed by atoms with Crippen LogP contribution in [0.4, 0.5) is 0 Å². The third-order valence-corrected chi connectivity index (χ3v) is 4.99. The molecule has 9 heteroatoms. The van der Waals surface area contributed by atoms with Crippen LogP contribution >= 0.6 is 0 Å². The molecular weight excluding hydrogens is 396 g/mol. The minimum absolute atomic E-state index is 0.0906. The minimum Gasteiger partial charge on any atom is -0.488 e. The molecular formula is C22H28N6O3. The molecule has 3 rings (SSSR count). The monoisotopic (exact) mass is 424 g/mol. The molecule has 1 aliphatic rings. The molecule has 0 fully saturated rings. The molecule has 9 nitrogen and oxygen atoms in total. The van der Waals surface area contributed by atoms with E-state index < -0.39 is 11.9 Å². The molecule has 31 heavy (non-hydrogen) atoms. The number of hydrogen-bond donors (Lipinski definition) is 2. The van der Waals surface area contributed by atoms with Gasteiger partial charge in [0.15, 0.2) is 5.76 Å². The summed E-state index contributed by atoms with van der Waals surface area (Å²) in [6, 6.07) is 9.12. The van der Waals surface area contributed by atoms with Crippen LogP contribution < -0.4 is 5.32 Å². The van der Waals surface area contributed by atoms with E-state index in [0.29, 0.717) is 43.3 Å². The van der Waals surface area contributed by atoms with Crippen molar-refractivity contribution in [2.75, 3.05) is 20.2 Å². The first kappa shape index (κ1) is 22.2. The van der Waals surface area contributed by atoms with E-state index in [1.807, 2.05) is 44.2 Å². The van der Waals surface area contributed by atoms with Gasteiger partial charge in [-0.3, -0.25) is 14.6 Å². The van der Waals surface area contributed by atoms with Gasteiger partial charge < -0.3 is 19.9 Å². The van der Waals surface area contributed by atoms with Gasteiger partial charge in [-0.15, -0.1) is 10.2 Å². The quantitative estimate of drug-likeness (QED) is 0.630. The molecule has 0 saturated heterocycles. The van der Waals surface area contributed by atoms with Gasteiger partial charge in [-0.1, -0.05) is 43.7 Å². The molecule has 2 amide bonds. The summed E-state index contributed by atoms with van der Waals surface area (Å²) in [5.41, 5.74) is 1.74. The standard InChI is InChI=1S/C22H28N6O3/c1-4-8-17(22(30)28-11-12-31-18(14-23-3)15(28)2)24-21(29)20-25-19(26-27-20)13-16-9-6-5-7-10-16/h5-7,9-10,14,17H,4,8,11-13H2,1-3H3,(H,24,29)(H,25,26,27)/b23-14-. The van der Waals surface area contributed by atoms with Gasteiger partial charge >= 0.3 is 0 Å². The topological polar surface area (TPSA) is 113 Å². The first-order valence-corrected chi connectivity index (χ1v) is 10.4. The number of ether oxygens (including phenoxy) is 1. The largest absolute Gasteiger partial charge is 0.488 e. The zero-order chi connectivity index (χ0) is 22.2. The number of carbonyl (C=O) groups excluding carboxylic acids is 2. The van der Waals surface area contributed by atoms with E-state index in [4.69, 9.17) is 4.74 Å². The zero-order valence-electron chi connectivity index (χ0n) is 18.1. The number of benzene rings is 1. The number of aromatic amines is 1. The number of carbonyl (C=O) groups is 2. The second kappa shape index (κ2) is 10.5. The van der Waals surface area contributed by atoms with Gasteiger partial charge in [-0.25, -0.2) is 0 Å². The van der Waals surface area contributed by atoms with Crippen LogP contribution in [0.3, 0.4) is 0 Å². The molecule has 1 atom stereocenters. The smallest absolute Gasteiger partial charge is 0.289 e. The molecule has 164 valence electrons. The van der Waals surface area contributed by atoms with Crippen LogP contribution in [0.25, 0.3) is 0 Å². The van der Waals surface area contributed by atoms with Crippen molar-refractivity contribution in [3.8, 4) is 0 Å². The van der Waals surface area contributed by atoms with Crippen LogP contribution in [-0.2, 0) is 16.0 Å². The maximum absolute atomic E-state index is 13.2. The lowest BCUT2D eigenvalue weighted by Gasteiger charge is -2.32. The highest BCUT2D eigenvalue weighted by molar-refractivity contribution is 5.95. The summed E-state index contributed by atoms with van der Waals surface area (Å²) in [6.07, 6.45) is 3.38. The predicted molar refractivity (Wildman–Crippen MR) is 117 cm³/mol. The summed E-state index contributed by atoms with van der Waals surface area (Å²) in [6.45, 7) is 4.58. The van der Waals surface area contributed by atoms with Gasteiger partial charge in [0.2, 0.25) is 11.7 Å². The van der Waals surface area contributed by atoms with Crippen LogP contribution in [0.2, 0.25) is 0 Å². The molecule has 2 aromatic rings. The van der Waals surface area contributed by atoms with Crippen molar-refractivity contribution >= 4 is 18.0 Å². The lowest BCUT2D eigenvalue weighted by molar-refractivity contribution is -0.132. The number of H-pyrrole nitrogens is 1. The molecule has 0 aliphatic carbocycles. The first-order chi connectivity index (χ1) is 15.0. The third-order valence-electron chi connectivity index (χ3n) is 4.99. The Bertz CT molecular complexity index is 967. The molecule has 2 N–H and O–H groups in total. The van der Waals surface area contributed by atoms with E-state index in [2.05, 4.69) is 25.5 Å². The predicted octanol–water partition coefficient (Wildman–Crippen LogP) is 2.08. The maximum atomic E-state index is 13.2. The van der Waals surface area contributed by atoms with Crippen molar-refractivity contribution in [2.45, 2.75) is 39.2 Å². The van der Waals surface area contributed by atoms with Crippen LogP contribution in [0.1, 0.15) is 48.7 Å². The lowest BCUT2D eigenvalue weighted by Crippen LogP contribution is -2.50. The molecule has 1 aromatic heterocycles. The number of hydrogen-bond acceptors (Lipinski definition) is 6. The number of nitrogens with one attached hydrogen (secondary N) is 2. The third kappa shape index (κ3) is 5.56. The molecule has 0 saturated carbocycles. The van der Waals surface area contributed by atoms with Gasteiger partial charge in [0.25, 0.3) is 5.91 Å². The highest BCUT2D eigenvalue weighted by Crippen LogP contribution is 2.18. The fraction of sp³-hybridized carbons (Fsp3) is 0.409. The normalized spacial score (nSPS) is 15.1. The first-order valence-electron chi connectivity index (χ1n) is 10.4. The van der Waals surface area contributed by atoms with Crippen LogP contribution in [0, 0.1) is 0 Å². The van der Waals surface area contributed by atoms with Gasteiger partial charge in [0.05, 0.1) is 18.5 Å². The van der Waals surface area contributed by atoms with Crippen LogP contribution in [0.5, 0.6) is 0 Å². The number of aromatic nitrogens is 3. The van der Waals surface area contributed by atoms with Crippen LogP contribution in [-0.4, -0.2) is 64.4 Å². The van der Waals surface area contributed by atoms with Gasteiger partial charge in [-0.05, 0) is 18.9 Å². The Labute approximate surface area is 181 Å². The molecule has 0 spiro atoms. The fourth-order valence-electron chi connectivity index (χ4n) is 3.40. The van der Waals surface area contributed by atoms with E-state index >= 15 is 0 Å². The minimum atomic E-state index is -0.673. The van der Waals surface area contributed by atoms with E-state index in [0.717, 1.165) is 12.0 Å². The Morgan fingerprint density at radius 3 is 2.81 bits per heavy atom. The lowest BCUT2D eigenvalue weighted by atomic mass is 10.1. The van der Waals surface area contributed by atoms with Crippen molar-refractivity contribution in [2.24, 2.45) is 4.99 Å². The second-order valence-electron chi connectivity index (χ2n) is 7.27. The zero-order valence-corrected chi connectivity index (χ0v) is 18.1. The highest BCUT2D eigenvalue weighted by atomic mass is 16.5. The number of amides is 2. The van der Waals surface area contributed by atoms with Crippen molar-refractivity contribution in [3.63, 3.8) is 0 Å². The summed E-state index contributed by atoms with van der Waals surface area (Å²) in [5, 5.41) is 10.8. The average Bonchev–Trinajstić information content (AvgIpc) is 3.24. The molecule has 0 radical (unpaired) electrons. The van der Waals surface area contributed by atoms with Gasteiger partial charge in [0.1, 0.15) is 18.5 Å². The average molecular weight is 425 g/mol. The van der Waals surface area contributed by atoms with Crippen molar-refractivity contribution in [1.82, 2.24) is 25.4 Å². The Kier molecular flexibility index (Phi) is 7.53. The van der Waals surface area contributed by atoms with Crippen molar-refractivity contribution in [1.29, 1.82) is 0 Å². The second-order valence-corrected chi connectivity index (χ2v) is 7.27. The Morgan fingerprint density at radius 2 is 2.10 bits per heavy atom. The molecule has 1 aliphatic heterocycles. The Morgan fingerprint density at radius 1 is 1.32 bits per heavy atom. The summed E-state index contributed by atoms with van der Waals surface area (Å²) in [5.74, 6) is 0.605. The summed E-state index contributed by atoms with van der Waals surface area (Å²) in [4.78, 5) is 34.5. The summed E-state index contributed by atoms with van der Waals surface area (Å²) in [7, 11) is 1.65. The Balaban J connectivity index is 1.70. The molecule has 2 heterocycles. The number of allylic oxidation sites excluding steroid dienone is 2. The molecule has 1 aromatic carbocycles. The van der Waals surface area contributed by atoms with Crippen molar-refractivity contribution in [3.05, 3.63) is 59.0 Å². The Hall–Kier alpha value is -3.49. The van der Waals surface area contributed by atoms with Gasteiger partial charge in [0, 0.05) is 13.5 Å². The molecule has 0 bridgehead atoms. The fourth-order valence-corrected chi connectivity index (χ4v) is 3.40. The summed E-state index contributed by atoms with van der Waals surface area (Å²) < 4.78 is 5.58. The van der Waals surface area contributed by atoms with E-state index in [9.17, 15) is 9.59 Å². The maximum Gasteiger partial charge on any atom is 0.289 e. The number of aliphatic imine (C=N–C) groups is 1. The van der Waals surface area contributed by atoms with Gasteiger partial charge in [-0.2, -0.15) is 0 Å². The highest BCUT2D eigenvalue weighted by Gasteiger charge is 2.30. The van der Waals surface area contributed by atoms with E-state index in [-0.39, 0.29) is 11.7 Å². The number of rotatable bonds is 8. The van der Waals surface area contributed by atoms with Crippen molar-refractivity contribution < 1.29 is 14.3 Å². The summed E-state index contributed by atoms with van der Waals surface area (Å²) >= 11 is 0.